The molecule has 1 rings (SSSR count). The number of carbonyl (C=O) groups is 1. The van der Waals surface area contributed by atoms with E-state index in [1.165, 1.54) is 0 Å². The van der Waals surface area contributed by atoms with Crippen LogP contribution in [0.5, 0.6) is 0 Å². The van der Waals surface area contributed by atoms with E-state index in [-0.39, 0.29) is 34.1 Å². The molecule has 0 fully saturated rings. The maximum atomic E-state index is 10.2. The Bertz CT molecular complexity index is 221. The Labute approximate surface area is 85.7 Å². The average molecular weight is 337 g/mol. The molecule has 2 nitrogen and oxygen atoms in total. The van der Waals surface area contributed by atoms with Gasteiger partial charge in [0.05, 0.1) is 6.42 Å². The van der Waals surface area contributed by atoms with Gasteiger partial charge in [-0.15, -0.1) is 0 Å². The van der Waals surface area contributed by atoms with Crippen LogP contribution in [0.25, 0.3) is 0 Å². The van der Waals surface area contributed by atoms with E-state index >= 15 is 0 Å². The molecule has 0 saturated carbocycles. The summed E-state index contributed by atoms with van der Waals surface area (Å²) in [6.07, 6.45) is 0.112. The number of hydrogen-bond acceptors (Lipinski definition) is 1. The third-order valence-electron chi connectivity index (χ3n) is 1.20. The molecule has 0 bridgehead atoms. The van der Waals surface area contributed by atoms with Crippen LogP contribution in [0.1, 0.15) is 5.56 Å². The standard InChI is InChI=1S/C8H8O2.Hg/c9-8(10)6-7-4-2-1-3-5-7;/h1-5H,6H2,(H,9,10);. The normalized spacial score (nSPS) is 8.36. The molecule has 0 heterocycles. The zero-order chi connectivity index (χ0) is 7.40. The van der Waals surface area contributed by atoms with E-state index in [1.807, 2.05) is 18.2 Å². The van der Waals surface area contributed by atoms with Crippen molar-refractivity contribution >= 4 is 5.97 Å². The fourth-order valence-corrected chi connectivity index (χ4v) is 0.770. The largest absolute Gasteiger partial charge is 0.481 e. The topological polar surface area (TPSA) is 37.3 Å². The second-order valence-corrected chi connectivity index (χ2v) is 2.06. The number of benzene rings is 1. The van der Waals surface area contributed by atoms with Gasteiger partial charge in [0.15, 0.2) is 0 Å². The molecule has 1 N–H and O–H groups in total. The first kappa shape index (κ1) is 10.6. The van der Waals surface area contributed by atoms with Gasteiger partial charge in [-0.3, -0.25) is 4.79 Å². The molecule has 0 spiro atoms. The molecule has 0 aliphatic heterocycles. The van der Waals surface area contributed by atoms with E-state index in [2.05, 4.69) is 0 Å². The van der Waals surface area contributed by atoms with Gasteiger partial charge in [0.1, 0.15) is 0 Å². The van der Waals surface area contributed by atoms with Gasteiger partial charge in [-0.05, 0) is 5.56 Å². The summed E-state index contributed by atoms with van der Waals surface area (Å²) in [5, 5.41) is 8.37. The van der Waals surface area contributed by atoms with Gasteiger partial charge in [0, 0.05) is 27.7 Å². The van der Waals surface area contributed by atoms with E-state index < -0.39 is 5.97 Å². The predicted molar refractivity (Wildman–Crippen MR) is 37.8 cm³/mol. The molecule has 0 radical (unpaired) electrons. The van der Waals surface area contributed by atoms with Crippen molar-refractivity contribution in [2.45, 2.75) is 6.42 Å². The Kier molecular flexibility index (Phi) is 5.12. The van der Waals surface area contributed by atoms with Crippen LogP contribution in [0.4, 0.5) is 0 Å². The molecule has 0 amide bonds. The van der Waals surface area contributed by atoms with Crippen molar-refractivity contribution in [3.63, 3.8) is 0 Å². The van der Waals surface area contributed by atoms with Gasteiger partial charge in [-0.25, -0.2) is 0 Å². The molecule has 0 aromatic heterocycles. The van der Waals surface area contributed by atoms with Gasteiger partial charge in [0.2, 0.25) is 0 Å². The molecule has 0 aliphatic carbocycles. The molecule has 54 valence electrons. The van der Waals surface area contributed by atoms with Gasteiger partial charge >= 0.3 is 5.97 Å². The molecular weight excluding hydrogens is 329 g/mol. The Morgan fingerprint density at radius 1 is 1.27 bits per heavy atom. The van der Waals surface area contributed by atoms with Crippen molar-refractivity contribution in [3.05, 3.63) is 35.9 Å². The molecule has 1 aromatic carbocycles. The summed E-state index contributed by atoms with van der Waals surface area (Å²) in [5.74, 6) is -0.786. The quantitative estimate of drug-likeness (QED) is 0.827. The van der Waals surface area contributed by atoms with E-state index in [4.69, 9.17) is 5.11 Å². The minimum Gasteiger partial charge on any atom is -0.481 e. The summed E-state index contributed by atoms with van der Waals surface area (Å²) in [6, 6.07) is 9.13. The second-order valence-electron chi connectivity index (χ2n) is 2.06. The summed E-state index contributed by atoms with van der Waals surface area (Å²) in [5.41, 5.74) is 0.843. The first-order chi connectivity index (χ1) is 4.79. The monoisotopic (exact) mass is 338 g/mol. The molecule has 1 aromatic rings. The molecule has 0 aliphatic rings. The van der Waals surface area contributed by atoms with Gasteiger partial charge < -0.3 is 5.11 Å². The summed E-state index contributed by atoms with van der Waals surface area (Å²) in [7, 11) is 0. The third-order valence-corrected chi connectivity index (χ3v) is 1.20. The van der Waals surface area contributed by atoms with Crippen LogP contribution in [0.15, 0.2) is 30.3 Å². The first-order valence-corrected chi connectivity index (χ1v) is 3.05. The zero-order valence-electron chi connectivity index (χ0n) is 6.16. The minimum atomic E-state index is -0.786. The molecule has 3 heteroatoms. The van der Waals surface area contributed by atoms with Crippen molar-refractivity contribution < 1.29 is 37.6 Å². The fourth-order valence-electron chi connectivity index (χ4n) is 0.770. The number of carboxylic acid groups (broad SMARTS) is 1. The zero-order valence-corrected chi connectivity index (χ0v) is 11.7. The first-order valence-electron chi connectivity index (χ1n) is 3.05. The summed E-state index contributed by atoms with van der Waals surface area (Å²) >= 11 is 0. The number of aliphatic carboxylic acids is 1. The van der Waals surface area contributed by atoms with Crippen molar-refractivity contribution in [1.29, 1.82) is 0 Å². The summed E-state index contributed by atoms with van der Waals surface area (Å²) in [4.78, 5) is 10.2. The van der Waals surface area contributed by atoms with Gasteiger partial charge in [0.25, 0.3) is 0 Å². The van der Waals surface area contributed by atoms with Crippen LogP contribution < -0.4 is 0 Å². The number of carboxylic acids is 1. The van der Waals surface area contributed by atoms with E-state index in [9.17, 15) is 4.79 Å². The summed E-state index contributed by atoms with van der Waals surface area (Å²) in [6.45, 7) is 0. The van der Waals surface area contributed by atoms with Crippen LogP contribution in [-0.2, 0) is 38.9 Å². The van der Waals surface area contributed by atoms with Crippen LogP contribution in [0.2, 0.25) is 0 Å². The Hall–Kier alpha value is -0.375. The van der Waals surface area contributed by atoms with E-state index in [1.54, 1.807) is 12.1 Å². The molecule has 0 saturated heterocycles. The van der Waals surface area contributed by atoms with Gasteiger partial charge in [-0.1, -0.05) is 30.3 Å². The number of rotatable bonds is 2. The molecule has 0 unspecified atom stereocenters. The van der Waals surface area contributed by atoms with Crippen molar-refractivity contribution in [2.24, 2.45) is 0 Å². The minimum absolute atomic E-state index is 0. The smallest absolute Gasteiger partial charge is 0.307 e. The predicted octanol–water partition coefficient (Wildman–Crippen LogP) is 1.31. The third kappa shape index (κ3) is 4.14. The van der Waals surface area contributed by atoms with Crippen molar-refractivity contribution in [1.82, 2.24) is 0 Å². The van der Waals surface area contributed by atoms with Crippen molar-refractivity contribution in [3.8, 4) is 0 Å². The van der Waals surface area contributed by atoms with E-state index in [0.717, 1.165) is 5.56 Å². The fraction of sp³-hybridized carbons (Fsp3) is 0.125. The van der Waals surface area contributed by atoms with Crippen LogP contribution in [-0.4, -0.2) is 11.1 Å². The van der Waals surface area contributed by atoms with Crippen molar-refractivity contribution in [2.75, 3.05) is 0 Å². The number of hydrogen-bond donors (Lipinski definition) is 1. The SMILES string of the molecule is O=C(O)Cc1ccccc1.[Hg]. The second kappa shape index (κ2) is 5.30. The molecular formula is C8H8HgO2. The van der Waals surface area contributed by atoms with Gasteiger partial charge in [-0.2, -0.15) is 0 Å². The maximum absolute atomic E-state index is 10.2. The maximum Gasteiger partial charge on any atom is 0.307 e. The van der Waals surface area contributed by atoms with E-state index in [0.29, 0.717) is 0 Å². The van der Waals surface area contributed by atoms with Crippen LogP contribution >= 0.6 is 0 Å². The van der Waals surface area contributed by atoms with Crippen LogP contribution in [0.3, 0.4) is 0 Å². The Morgan fingerprint density at radius 2 is 1.82 bits per heavy atom. The molecule has 11 heavy (non-hydrogen) atoms. The Morgan fingerprint density at radius 3 is 2.27 bits per heavy atom. The Balaban J connectivity index is 0.000001000. The van der Waals surface area contributed by atoms with Crippen LogP contribution in [0, 0.1) is 0 Å². The summed E-state index contributed by atoms with van der Waals surface area (Å²) < 4.78 is 0. The average Bonchev–Trinajstić information content (AvgIpc) is 1.88. The molecule has 0 atom stereocenters.